The van der Waals surface area contributed by atoms with Crippen LogP contribution in [-0.4, -0.2) is 37.5 Å². The van der Waals surface area contributed by atoms with Crippen LogP contribution in [0.5, 0.6) is 0 Å². The van der Waals surface area contributed by atoms with Gasteiger partial charge in [-0.1, -0.05) is 0 Å². The lowest BCUT2D eigenvalue weighted by molar-refractivity contribution is -0.178. The number of rotatable bonds is 2. The first-order valence-corrected chi connectivity index (χ1v) is 4.55. The van der Waals surface area contributed by atoms with Crippen LogP contribution in [-0.2, 0) is 14.3 Å². The van der Waals surface area contributed by atoms with Crippen LogP contribution < -0.4 is 0 Å². The molecule has 1 heterocycles. The second kappa shape index (κ2) is 4.58. The summed E-state index contributed by atoms with van der Waals surface area (Å²) in [6.45, 7) is 1.54. The molecule has 0 aromatic carbocycles. The monoisotopic (exact) mass is 187 g/mol. The van der Waals surface area contributed by atoms with Gasteiger partial charge in [0.2, 0.25) is 5.91 Å². The Balaban J connectivity index is 2.69. The Morgan fingerprint density at radius 3 is 2.00 bits per heavy atom. The number of hydrogen-bond acceptors (Lipinski definition) is 3. The molecule has 1 aliphatic rings. The lowest BCUT2D eigenvalue weighted by Gasteiger charge is -2.39. The summed E-state index contributed by atoms with van der Waals surface area (Å²) in [4.78, 5) is 13.0. The summed E-state index contributed by atoms with van der Waals surface area (Å²) >= 11 is 0. The van der Waals surface area contributed by atoms with Gasteiger partial charge in [0.05, 0.1) is 0 Å². The topological polar surface area (TPSA) is 38.8 Å². The summed E-state index contributed by atoms with van der Waals surface area (Å²) in [7, 11) is 3.25. The van der Waals surface area contributed by atoms with Gasteiger partial charge in [-0.25, -0.2) is 0 Å². The molecule has 2 atom stereocenters. The Hall–Kier alpha value is -0.610. The minimum absolute atomic E-state index is 0.0124. The van der Waals surface area contributed by atoms with Crippen molar-refractivity contribution in [3.05, 3.63) is 0 Å². The van der Waals surface area contributed by atoms with Gasteiger partial charge in [0.1, 0.15) is 12.5 Å². The number of piperidine rings is 1. The van der Waals surface area contributed by atoms with E-state index in [9.17, 15) is 4.79 Å². The Morgan fingerprint density at radius 1 is 1.23 bits per heavy atom. The molecule has 0 aliphatic carbocycles. The highest BCUT2D eigenvalue weighted by molar-refractivity contribution is 5.73. The minimum atomic E-state index is -0.115. The average Bonchev–Trinajstić information content (AvgIpc) is 2.16. The van der Waals surface area contributed by atoms with Crippen molar-refractivity contribution in [3.63, 3.8) is 0 Å². The normalized spacial score (nSPS) is 29.0. The Labute approximate surface area is 78.8 Å². The van der Waals surface area contributed by atoms with Crippen molar-refractivity contribution in [2.24, 2.45) is 0 Å². The zero-order chi connectivity index (χ0) is 9.84. The highest BCUT2D eigenvalue weighted by Crippen LogP contribution is 2.23. The third kappa shape index (κ3) is 2.19. The minimum Gasteiger partial charge on any atom is -0.361 e. The molecule has 0 unspecified atom stereocenters. The summed E-state index contributed by atoms with van der Waals surface area (Å²) in [5.74, 6) is 0.0124. The first-order chi connectivity index (χ1) is 6.20. The summed E-state index contributed by atoms with van der Waals surface area (Å²) in [5.41, 5.74) is 0. The summed E-state index contributed by atoms with van der Waals surface area (Å²) in [5, 5.41) is 0. The third-order valence-corrected chi connectivity index (χ3v) is 2.43. The first kappa shape index (κ1) is 10.5. The van der Waals surface area contributed by atoms with Gasteiger partial charge in [-0.15, -0.1) is 0 Å². The van der Waals surface area contributed by atoms with Crippen LogP contribution in [0.25, 0.3) is 0 Å². The van der Waals surface area contributed by atoms with E-state index in [0.717, 1.165) is 19.3 Å². The number of likely N-dealkylation sites (tertiary alicyclic amines) is 1. The maximum absolute atomic E-state index is 11.3. The summed E-state index contributed by atoms with van der Waals surface area (Å²) < 4.78 is 10.4. The molecule has 0 aromatic heterocycles. The fraction of sp³-hybridized carbons (Fsp3) is 0.889. The fourth-order valence-electron chi connectivity index (χ4n) is 1.80. The van der Waals surface area contributed by atoms with Gasteiger partial charge < -0.3 is 9.47 Å². The average molecular weight is 187 g/mol. The number of methoxy groups -OCH3 is 2. The molecule has 1 rings (SSSR count). The maximum Gasteiger partial charge on any atom is 0.223 e. The highest BCUT2D eigenvalue weighted by Gasteiger charge is 2.32. The van der Waals surface area contributed by atoms with Gasteiger partial charge in [0.25, 0.3) is 0 Å². The Kier molecular flexibility index (Phi) is 3.69. The van der Waals surface area contributed by atoms with Crippen LogP contribution in [0.4, 0.5) is 0 Å². The van der Waals surface area contributed by atoms with Crippen molar-refractivity contribution in [2.45, 2.75) is 38.6 Å². The first-order valence-electron chi connectivity index (χ1n) is 4.55. The zero-order valence-corrected chi connectivity index (χ0v) is 8.45. The Bertz CT molecular complexity index is 172. The van der Waals surface area contributed by atoms with Crippen LogP contribution in [0.1, 0.15) is 26.2 Å². The van der Waals surface area contributed by atoms with Crippen LogP contribution in [0.15, 0.2) is 0 Å². The van der Waals surface area contributed by atoms with E-state index in [0.29, 0.717) is 0 Å². The molecule has 1 amide bonds. The molecule has 0 aromatic rings. The van der Waals surface area contributed by atoms with Crippen molar-refractivity contribution in [1.82, 2.24) is 4.90 Å². The van der Waals surface area contributed by atoms with E-state index in [4.69, 9.17) is 9.47 Å². The number of nitrogens with zero attached hydrogens (tertiary/aromatic N) is 1. The molecule has 1 aliphatic heterocycles. The Morgan fingerprint density at radius 2 is 1.69 bits per heavy atom. The van der Waals surface area contributed by atoms with E-state index in [2.05, 4.69) is 0 Å². The van der Waals surface area contributed by atoms with Gasteiger partial charge in [0.15, 0.2) is 0 Å². The van der Waals surface area contributed by atoms with Gasteiger partial charge in [-0.3, -0.25) is 9.69 Å². The molecule has 0 N–H and O–H groups in total. The molecule has 4 heteroatoms. The molecule has 13 heavy (non-hydrogen) atoms. The lowest BCUT2D eigenvalue weighted by atomic mass is 10.1. The number of ether oxygens (including phenoxy) is 2. The molecule has 0 spiro atoms. The van der Waals surface area contributed by atoms with Gasteiger partial charge in [0, 0.05) is 21.1 Å². The van der Waals surface area contributed by atoms with E-state index in [-0.39, 0.29) is 18.4 Å². The van der Waals surface area contributed by atoms with E-state index >= 15 is 0 Å². The van der Waals surface area contributed by atoms with Crippen LogP contribution in [0.2, 0.25) is 0 Å². The summed E-state index contributed by atoms with van der Waals surface area (Å²) in [6, 6.07) is 0. The van der Waals surface area contributed by atoms with Crippen molar-refractivity contribution in [2.75, 3.05) is 14.2 Å². The van der Waals surface area contributed by atoms with E-state index in [1.807, 2.05) is 0 Å². The number of carbonyl (C=O) groups excluding carboxylic acids is 1. The molecule has 76 valence electrons. The fourth-order valence-corrected chi connectivity index (χ4v) is 1.80. The maximum atomic E-state index is 11.3. The smallest absolute Gasteiger partial charge is 0.223 e. The quantitative estimate of drug-likeness (QED) is 0.646. The van der Waals surface area contributed by atoms with E-state index in [1.54, 1.807) is 26.0 Å². The third-order valence-electron chi connectivity index (χ3n) is 2.43. The van der Waals surface area contributed by atoms with Crippen LogP contribution >= 0.6 is 0 Å². The zero-order valence-electron chi connectivity index (χ0n) is 8.45. The van der Waals surface area contributed by atoms with Crippen molar-refractivity contribution in [3.8, 4) is 0 Å². The molecule has 4 nitrogen and oxygen atoms in total. The molecule has 0 saturated carbocycles. The molecule has 0 radical (unpaired) electrons. The molecular formula is C9H17NO3. The van der Waals surface area contributed by atoms with Crippen molar-refractivity contribution in [1.29, 1.82) is 0 Å². The van der Waals surface area contributed by atoms with E-state index in [1.165, 1.54) is 0 Å². The van der Waals surface area contributed by atoms with Gasteiger partial charge in [-0.05, 0) is 19.3 Å². The van der Waals surface area contributed by atoms with Crippen LogP contribution in [0.3, 0.4) is 0 Å². The molecular weight excluding hydrogens is 170 g/mol. The number of carbonyl (C=O) groups is 1. The lowest BCUT2D eigenvalue weighted by Crippen LogP contribution is -2.50. The predicted octanol–water partition coefficient (Wildman–Crippen LogP) is 0.964. The standard InChI is InChI=1S/C9H17NO3/c1-7(11)10-8(12-2)5-4-6-9(10)13-3/h8-9H,4-6H2,1-3H3/t8-,9+. The second-order valence-electron chi connectivity index (χ2n) is 3.24. The molecule has 1 fully saturated rings. The summed E-state index contributed by atoms with van der Waals surface area (Å²) in [6.07, 6.45) is 2.61. The largest absolute Gasteiger partial charge is 0.361 e. The SMILES string of the molecule is CO[C@H]1CCC[C@@H](OC)N1C(C)=O. The number of amides is 1. The highest BCUT2D eigenvalue weighted by atomic mass is 16.5. The second-order valence-corrected chi connectivity index (χ2v) is 3.24. The van der Waals surface area contributed by atoms with Gasteiger partial charge >= 0.3 is 0 Å². The predicted molar refractivity (Wildman–Crippen MR) is 48.0 cm³/mol. The number of hydrogen-bond donors (Lipinski definition) is 0. The van der Waals surface area contributed by atoms with Crippen molar-refractivity contribution < 1.29 is 14.3 Å². The van der Waals surface area contributed by atoms with Crippen LogP contribution in [0, 0.1) is 0 Å². The van der Waals surface area contributed by atoms with E-state index < -0.39 is 0 Å². The molecule has 0 bridgehead atoms. The van der Waals surface area contributed by atoms with Gasteiger partial charge in [-0.2, -0.15) is 0 Å². The molecule has 1 saturated heterocycles. The van der Waals surface area contributed by atoms with Crippen molar-refractivity contribution >= 4 is 5.91 Å².